The molecule has 0 atom stereocenters. The van der Waals surface area contributed by atoms with Gasteiger partial charge in [-0.1, -0.05) is 0 Å². The van der Waals surface area contributed by atoms with Crippen LogP contribution in [0, 0.1) is 0 Å². The second-order valence-electron chi connectivity index (χ2n) is 4.81. The van der Waals surface area contributed by atoms with Crippen LogP contribution in [0.5, 0.6) is 0 Å². The molecule has 4 rings (SSSR count). The molecule has 19 heavy (non-hydrogen) atoms. The normalized spacial score (nSPS) is 14.9. The lowest BCUT2D eigenvalue weighted by atomic mass is 10.1. The fraction of sp³-hybridized carbons (Fsp3) is 0.214. The van der Waals surface area contributed by atoms with Crippen molar-refractivity contribution in [2.45, 2.75) is 18.8 Å². The van der Waals surface area contributed by atoms with Crippen molar-refractivity contribution in [3.8, 4) is 11.4 Å². The van der Waals surface area contributed by atoms with Crippen LogP contribution in [-0.2, 0) is 0 Å². The third-order valence-electron chi connectivity index (χ3n) is 3.45. The highest BCUT2D eigenvalue weighted by Crippen LogP contribution is 2.39. The quantitative estimate of drug-likeness (QED) is 0.658. The molecule has 0 amide bonds. The molecule has 1 aromatic heterocycles. The van der Waals surface area contributed by atoms with Crippen LogP contribution in [0.15, 0.2) is 35.4 Å². The first-order valence-electron chi connectivity index (χ1n) is 6.24. The molecule has 0 unspecified atom stereocenters. The van der Waals surface area contributed by atoms with E-state index in [0.29, 0.717) is 22.8 Å². The van der Waals surface area contributed by atoms with E-state index in [-0.39, 0.29) is 5.56 Å². The Labute approximate surface area is 108 Å². The minimum atomic E-state index is -0.145. The molecule has 0 radical (unpaired) electrons. The summed E-state index contributed by atoms with van der Waals surface area (Å²) in [6.45, 7) is 0. The first kappa shape index (κ1) is 10.5. The summed E-state index contributed by atoms with van der Waals surface area (Å²) >= 11 is 0. The van der Waals surface area contributed by atoms with Gasteiger partial charge in [0.05, 0.1) is 11.7 Å². The van der Waals surface area contributed by atoms with Crippen molar-refractivity contribution in [1.29, 1.82) is 0 Å². The van der Waals surface area contributed by atoms with Crippen molar-refractivity contribution >= 4 is 10.9 Å². The van der Waals surface area contributed by atoms with Gasteiger partial charge in [-0.2, -0.15) is 5.10 Å². The van der Waals surface area contributed by atoms with E-state index in [9.17, 15) is 4.79 Å². The molecule has 1 aliphatic carbocycles. The second kappa shape index (κ2) is 3.78. The molecule has 3 aliphatic rings. The molecule has 5 heteroatoms. The molecule has 92 valence electrons. The minimum absolute atomic E-state index is 0.145. The zero-order chi connectivity index (χ0) is 12.8. The number of rotatable bonds is 1. The largest absolute Gasteiger partial charge is 0.273 e. The van der Waals surface area contributed by atoms with E-state index >= 15 is 0 Å². The van der Waals surface area contributed by atoms with Gasteiger partial charge in [-0.15, -0.1) is 5.10 Å². The molecular weight excluding hydrogens is 240 g/mol. The Morgan fingerprint density at radius 3 is 3.00 bits per heavy atom. The van der Waals surface area contributed by atoms with Gasteiger partial charge in [-0.25, -0.2) is 4.98 Å². The summed E-state index contributed by atoms with van der Waals surface area (Å²) in [5.74, 6) is 0.362. The van der Waals surface area contributed by atoms with Gasteiger partial charge in [0.25, 0.3) is 5.56 Å². The molecule has 0 saturated heterocycles. The van der Waals surface area contributed by atoms with Gasteiger partial charge < -0.3 is 0 Å². The maximum atomic E-state index is 12.1. The number of hydrogen-bond donors (Lipinski definition) is 0. The van der Waals surface area contributed by atoms with Crippen molar-refractivity contribution < 1.29 is 0 Å². The van der Waals surface area contributed by atoms with E-state index in [2.05, 4.69) is 20.2 Å². The van der Waals surface area contributed by atoms with E-state index in [1.165, 1.54) is 0 Å². The van der Waals surface area contributed by atoms with E-state index in [4.69, 9.17) is 0 Å². The average Bonchev–Trinajstić information content (AvgIpc) is 3.24. The molecular formula is C14H10N4O. The summed E-state index contributed by atoms with van der Waals surface area (Å²) in [4.78, 5) is 20.5. The van der Waals surface area contributed by atoms with Crippen LogP contribution >= 0.6 is 0 Å². The summed E-state index contributed by atoms with van der Waals surface area (Å²) < 4.78 is 0. The van der Waals surface area contributed by atoms with Gasteiger partial charge >= 0.3 is 0 Å². The Kier molecular flexibility index (Phi) is 2.09. The topological polar surface area (TPSA) is 68.6 Å². The predicted molar refractivity (Wildman–Crippen MR) is 70.0 cm³/mol. The molecule has 3 heterocycles. The standard InChI is InChI=1S/C14H10N4O/c19-14-10(8-3-4-8)6-11-13(17-14)9-2-1-5-15-12(9)7-16-18-11/h1-2,5-8H,3-4H2. The third-order valence-corrected chi connectivity index (χ3v) is 3.45. The highest BCUT2D eigenvalue weighted by atomic mass is 16.1. The summed E-state index contributed by atoms with van der Waals surface area (Å²) in [6.07, 6.45) is 5.42. The smallest absolute Gasteiger partial charge is 0.267 e. The third kappa shape index (κ3) is 1.66. The lowest BCUT2D eigenvalue weighted by Crippen LogP contribution is -2.13. The zero-order valence-corrected chi connectivity index (χ0v) is 10.1. The van der Waals surface area contributed by atoms with E-state index in [1.807, 2.05) is 18.2 Å². The maximum Gasteiger partial charge on any atom is 0.273 e. The molecule has 0 aromatic carbocycles. The van der Waals surface area contributed by atoms with Crippen molar-refractivity contribution in [1.82, 2.24) is 20.2 Å². The molecule has 5 nitrogen and oxygen atoms in total. The van der Waals surface area contributed by atoms with Crippen molar-refractivity contribution in [2.24, 2.45) is 0 Å². The number of fused-ring (bicyclic) bond motifs is 3. The Hall–Kier alpha value is -2.43. The van der Waals surface area contributed by atoms with Gasteiger partial charge in [-0.05, 0) is 37.0 Å². The lowest BCUT2D eigenvalue weighted by Gasteiger charge is -2.03. The molecule has 2 aliphatic heterocycles. The van der Waals surface area contributed by atoms with Crippen molar-refractivity contribution in [3.05, 3.63) is 46.5 Å². The van der Waals surface area contributed by atoms with Crippen molar-refractivity contribution in [2.75, 3.05) is 0 Å². The summed E-state index contributed by atoms with van der Waals surface area (Å²) in [6, 6.07) is 5.54. The lowest BCUT2D eigenvalue weighted by molar-refractivity contribution is 1.01. The van der Waals surface area contributed by atoms with Crippen LogP contribution in [0.4, 0.5) is 0 Å². The number of hydrogen-bond acceptors (Lipinski definition) is 5. The first-order valence-corrected chi connectivity index (χ1v) is 6.24. The highest BCUT2D eigenvalue weighted by Gasteiger charge is 2.28. The van der Waals surface area contributed by atoms with Crippen molar-refractivity contribution in [3.63, 3.8) is 0 Å². The fourth-order valence-electron chi connectivity index (χ4n) is 2.33. The van der Waals surface area contributed by atoms with Crippen LogP contribution in [-0.4, -0.2) is 20.2 Å². The monoisotopic (exact) mass is 250 g/mol. The predicted octanol–water partition coefficient (Wildman–Crippen LogP) is 1.76. The molecule has 0 spiro atoms. The Bertz CT molecular complexity index is 813. The van der Waals surface area contributed by atoms with Gasteiger partial charge in [0, 0.05) is 17.1 Å². The van der Waals surface area contributed by atoms with Gasteiger partial charge in [-0.3, -0.25) is 9.78 Å². The first-order chi connectivity index (χ1) is 9.33. The number of aromatic nitrogens is 4. The van der Waals surface area contributed by atoms with Crippen LogP contribution in [0.1, 0.15) is 24.3 Å². The molecule has 1 aromatic rings. The van der Waals surface area contributed by atoms with E-state index < -0.39 is 0 Å². The summed E-state index contributed by atoms with van der Waals surface area (Å²) in [7, 11) is 0. The summed E-state index contributed by atoms with van der Waals surface area (Å²) in [5, 5.41) is 8.95. The van der Waals surface area contributed by atoms with E-state index in [1.54, 1.807) is 12.4 Å². The zero-order valence-electron chi connectivity index (χ0n) is 10.1. The van der Waals surface area contributed by atoms with Gasteiger partial charge in [0.1, 0.15) is 11.4 Å². The minimum Gasteiger partial charge on any atom is -0.267 e. The number of pyridine rings is 2. The Morgan fingerprint density at radius 2 is 2.16 bits per heavy atom. The Balaban J connectivity index is 2.13. The molecule has 0 bridgehead atoms. The van der Waals surface area contributed by atoms with Crippen LogP contribution in [0.25, 0.3) is 22.3 Å². The fourth-order valence-corrected chi connectivity index (χ4v) is 2.33. The second-order valence-corrected chi connectivity index (χ2v) is 4.81. The highest BCUT2D eigenvalue weighted by molar-refractivity contribution is 5.90. The van der Waals surface area contributed by atoms with E-state index in [0.717, 1.165) is 23.8 Å². The molecule has 1 saturated carbocycles. The van der Waals surface area contributed by atoms with Crippen LogP contribution in [0.3, 0.4) is 0 Å². The molecule has 0 N–H and O–H groups in total. The maximum absolute atomic E-state index is 12.1. The SMILES string of the molecule is O=c1nc2c3cccnc3cnnc-2cc1C1CC1. The van der Waals surface area contributed by atoms with Gasteiger partial charge in [0.2, 0.25) is 0 Å². The van der Waals surface area contributed by atoms with Crippen LogP contribution in [0.2, 0.25) is 0 Å². The number of nitrogens with zero attached hydrogens (tertiary/aromatic N) is 4. The Morgan fingerprint density at radius 1 is 1.26 bits per heavy atom. The average molecular weight is 250 g/mol. The van der Waals surface area contributed by atoms with Gasteiger partial charge in [0.15, 0.2) is 0 Å². The van der Waals surface area contributed by atoms with Crippen LogP contribution < -0.4 is 5.56 Å². The molecule has 1 fully saturated rings. The summed E-state index contributed by atoms with van der Waals surface area (Å²) in [5.41, 5.74) is 2.55.